The van der Waals surface area contributed by atoms with Crippen molar-refractivity contribution in [2.75, 3.05) is 23.4 Å². The normalized spacial score (nSPS) is 13.0. The molecule has 2 aromatic carbocycles. The van der Waals surface area contributed by atoms with E-state index in [1.54, 1.807) is 23.1 Å². The molecular formula is C18H16Cl2N2O3. The number of carbonyl (C=O) groups excluding carboxylic acids is 2. The third-order valence-corrected chi connectivity index (χ3v) is 4.54. The minimum atomic E-state index is -0.256. The molecule has 1 aliphatic rings. The highest BCUT2D eigenvalue weighted by Crippen LogP contribution is 2.31. The van der Waals surface area contributed by atoms with Gasteiger partial charge in [-0.3, -0.25) is 9.59 Å². The maximum absolute atomic E-state index is 12.5. The van der Waals surface area contributed by atoms with Crippen LogP contribution in [-0.2, 0) is 9.59 Å². The Morgan fingerprint density at radius 1 is 1.08 bits per heavy atom. The molecule has 0 radical (unpaired) electrons. The van der Waals surface area contributed by atoms with E-state index < -0.39 is 0 Å². The van der Waals surface area contributed by atoms with Crippen LogP contribution in [0.25, 0.3) is 0 Å². The van der Waals surface area contributed by atoms with Crippen LogP contribution in [-0.4, -0.2) is 25.0 Å². The van der Waals surface area contributed by atoms with E-state index >= 15 is 0 Å². The number of ether oxygens (including phenoxy) is 1. The predicted octanol–water partition coefficient (Wildman–Crippen LogP) is 4.14. The van der Waals surface area contributed by atoms with E-state index in [9.17, 15) is 9.59 Å². The number of amides is 2. The highest BCUT2D eigenvalue weighted by molar-refractivity contribution is 6.42. The minimum Gasteiger partial charge on any atom is -0.490 e. The number of hydrogen-bond acceptors (Lipinski definition) is 3. The number of halogens is 2. The molecule has 2 amide bonds. The average Bonchev–Trinajstić information content (AvgIpc) is 2.62. The van der Waals surface area contributed by atoms with Gasteiger partial charge in [-0.15, -0.1) is 0 Å². The summed E-state index contributed by atoms with van der Waals surface area (Å²) in [6.45, 7) is 0.919. The van der Waals surface area contributed by atoms with Crippen molar-refractivity contribution in [2.45, 2.75) is 12.8 Å². The SMILES string of the molecule is O=C(CCC(=O)N1CCOc2ccccc21)Nc1ccc(Cl)c(Cl)c1. The van der Waals surface area contributed by atoms with Gasteiger partial charge in [-0.25, -0.2) is 0 Å². The molecule has 0 bridgehead atoms. The Labute approximate surface area is 155 Å². The number of nitrogens with one attached hydrogen (secondary N) is 1. The van der Waals surface area contributed by atoms with Crippen molar-refractivity contribution in [1.82, 2.24) is 0 Å². The van der Waals surface area contributed by atoms with Crippen molar-refractivity contribution in [3.05, 3.63) is 52.5 Å². The predicted molar refractivity (Wildman–Crippen MR) is 98.6 cm³/mol. The Morgan fingerprint density at radius 3 is 2.68 bits per heavy atom. The molecule has 1 heterocycles. The lowest BCUT2D eigenvalue weighted by Gasteiger charge is -2.29. The van der Waals surface area contributed by atoms with Crippen LogP contribution in [0.1, 0.15) is 12.8 Å². The molecular weight excluding hydrogens is 363 g/mol. The number of anilines is 2. The number of hydrogen-bond donors (Lipinski definition) is 1. The van der Waals surface area contributed by atoms with Gasteiger partial charge in [0.2, 0.25) is 11.8 Å². The van der Waals surface area contributed by atoms with Crippen molar-refractivity contribution < 1.29 is 14.3 Å². The molecule has 3 rings (SSSR count). The van der Waals surface area contributed by atoms with Gasteiger partial charge in [0.1, 0.15) is 12.4 Å². The Balaban J connectivity index is 1.57. The summed E-state index contributed by atoms with van der Waals surface area (Å²) in [4.78, 5) is 26.2. The quantitative estimate of drug-likeness (QED) is 0.869. The van der Waals surface area contributed by atoms with Crippen molar-refractivity contribution in [3.63, 3.8) is 0 Å². The van der Waals surface area contributed by atoms with Gasteiger partial charge in [-0.05, 0) is 30.3 Å². The van der Waals surface area contributed by atoms with Crippen molar-refractivity contribution >= 4 is 46.4 Å². The van der Waals surface area contributed by atoms with Crippen molar-refractivity contribution in [1.29, 1.82) is 0 Å². The summed E-state index contributed by atoms with van der Waals surface area (Å²) in [5.41, 5.74) is 1.28. The standard InChI is InChI=1S/C18H16Cl2N2O3/c19-13-6-5-12(11-14(13)20)21-17(23)7-8-18(24)22-9-10-25-16-4-2-1-3-15(16)22/h1-6,11H,7-10H2,(H,21,23). The molecule has 130 valence electrons. The average molecular weight is 379 g/mol. The lowest BCUT2D eigenvalue weighted by atomic mass is 10.2. The summed E-state index contributed by atoms with van der Waals surface area (Å²) in [6, 6.07) is 12.2. The molecule has 0 saturated carbocycles. The van der Waals surface area contributed by atoms with Crippen LogP contribution < -0.4 is 15.0 Å². The van der Waals surface area contributed by atoms with Crippen LogP contribution in [0.15, 0.2) is 42.5 Å². The Morgan fingerprint density at radius 2 is 1.88 bits per heavy atom. The highest BCUT2D eigenvalue weighted by Gasteiger charge is 2.23. The van der Waals surface area contributed by atoms with E-state index in [1.807, 2.05) is 24.3 Å². The zero-order valence-corrected chi connectivity index (χ0v) is 14.8. The molecule has 0 aromatic heterocycles. The van der Waals surface area contributed by atoms with Crippen LogP contribution in [0.3, 0.4) is 0 Å². The number of carbonyl (C=O) groups is 2. The van der Waals surface area contributed by atoms with E-state index in [4.69, 9.17) is 27.9 Å². The van der Waals surface area contributed by atoms with E-state index in [2.05, 4.69) is 5.32 Å². The molecule has 7 heteroatoms. The van der Waals surface area contributed by atoms with E-state index in [1.165, 1.54) is 0 Å². The molecule has 0 unspecified atom stereocenters. The molecule has 1 N–H and O–H groups in total. The third kappa shape index (κ3) is 4.24. The first-order chi connectivity index (χ1) is 12.0. The van der Waals surface area contributed by atoms with Gasteiger partial charge in [0.05, 0.1) is 22.3 Å². The van der Waals surface area contributed by atoms with Crippen LogP contribution in [0.5, 0.6) is 5.75 Å². The molecule has 0 spiro atoms. The summed E-state index contributed by atoms with van der Waals surface area (Å²) >= 11 is 11.8. The summed E-state index contributed by atoms with van der Waals surface area (Å²) in [7, 11) is 0. The zero-order chi connectivity index (χ0) is 17.8. The van der Waals surface area contributed by atoms with Gasteiger partial charge in [0, 0.05) is 18.5 Å². The number of nitrogens with zero attached hydrogens (tertiary/aromatic N) is 1. The van der Waals surface area contributed by atoms with Gasteiger partial charge in [0.25, 0.3) is 0 Å². The van der Waals surface area contributed by atoms with E-state index in [0.717, 1.165) is 5.69 Å². The fourth-order valence-electron chi connectivity index (χ4n) is 2.58. The summed E-state index contributed by atoms with van der Waals surface area (Å²) in [5, 5.41) is 3.49. The second-order valence-electron chi connectivity index (χ2n) is 5.54. The molecule has 0 fully saturated rings. The van der Waals surface area contributed by atoms with Gasteiger partial charge in [0.15, 0.2) is 0 Å². The van der Waals surface area contributed by atoms with E-state index in [-0.39, 0.29) is 24.7 Å². The second kappa shape index (κ2) is 7.76. The molecule has 0 saturated heterocycles. The second-order valence-corrected chi connectivity index (χ2v) is 6.35. The number of fused-ring (bicyclic) bond motifs is 1. The molecule has 0 atom stereocenters. The maximum Gasteiger partial charge on any atom is 0.227 e. The number of para-hydroxylation sites is 2. The lowest BCUT2D eigenvalue weighted by molar-refractivity contribution is -0.122. The topological polar surface area (TPSA) is 58.6 Å². The third-order valence-electron chi connectivity index (χ3n) is 3.80. The van der Waals surface area contributed by atoms with Crippen LogP contribution in [0.4, 0.5) is 11.4 Å². The Bertz CT molecular complexity index is 811. The van der Waals surface area contributed by atoms with Crippen LogP contribution in [0, 0.1) is 0 Å². The van der Waals surface area contributed by atoms with Crippen molar-refractivity contribution in [3.8, 4) is 5.75 Å². The molecule has 5 nitrogen and oxygen atoms in total. The molecule has 2 aromatic rings. The lowest BCUT2D eigenvalue weighted by Crippen LogP contribution is -2.38. The fourth-order valence-corrected chi connectivity index (χ4v) is 2.88. The first-order valence-electron chi connectivity index (χ1n) is 7.81. The molecule has 1 aliphatic heterocycles. The van der Waals surface area contributed by atoms with Crippen LogP contribution in [0.2, 0.25) is 10.0 Å². The van der Waals surface area contributed by atoms with Gasteiger partial charge in [-0.2, -0.15) is 0 Å². The Kier molecular flexibility index (Phi) is 5.46. The van der Waals surface area contributed by atoms with Gasteiger partial charge < -0.3 is 15.0 Å². The Hall–Kier alpha value is -2.24. The van der Waals surface area contributed by atoms with Crippen molar-refractivity contribution in [2.24, 2.45) is 0 Å². The maximum atomic E-state index is 12.5. The summed E-state index contributed by atoms with van der Waals surface area (Å²) in [5.74, 6) is 0.315. The van der Waals surface area contributed by atoms with E-state index in [0.29, 0.717) is 34.6 Å². The molecule has 25 heavy (non-hydrogen) atoms. The molecule has 0 aliphatic carbocycles. The summed E-state index contributed by atoms with van der Waals surface area (Å²) in [6.07, 6.45) is 0.195. The largest absolute Gasteiger partial charge is 0.490 e. The first-order valence-corrected chi connectivity index (χ1v) is 8.57. The minimum absolute atomic E-state index is 0.0819. The zero-order valence-electron chi connectivity index (χ0n) is 13.3. The number of rotatable bonds is 4. The first kappa shape index (κ1) is 17.6. The monoisotopic (exact) mass is 378 g/mol. The smallest absolute Gasteiger partial charge is 0.227 e. The van der Waals surface area contributed by atoms with Gasteiger partial charge in [-0.1, -0.05) is 35.3 Å². The van der Waals surface area contributed by atoms with Crippen LogP contribution >= 0.6 is 23.2 Å². The summed E-state index contributed by atoms with van der Waals surface area (Å²) < 4.78 is 5.53. The van der Waals surface area contributed by atoms with Gasteiger partial charge >= 0.3 is 0 Å². The fraction of sp³-hybridized carbons (Fsp3) is 0.222. The number of benzene rings is 2. The highest BCUT2D eigenvalue weighted by atomic mass is 35.5.